The van der Waals surface area contributed by atoms with Crippen LogP contribution in [0.5, 0.6) is 0 Å². The molecule has 0 aliphatic heterocycles. The van der Waals surface area contributed by atoms with Crippen molar-refractivity contribution in [2.45, 2.75) is 33.6 Å². The third-order valence-corrected chi connectivity index (χ3v) is 5.74. The fraction of sp³-hybridized carbons (Fsp3) is 0.529. The Balaban J connectivity index is 2.10. The zero-order chi connectivity index (χ0) is 18.3. The molecule has 2 heterocycles. The topological polar surface area (TPSA) is 79.1 Å². The number of rotatable bonds is 10. The lowest BCUT2D eigenvalue weighted by Crippen LogP contribution is -2.04. The zero-order valence-electron chi connectivity index (χ0n) is 14.9. The summed E-state index contributed by atoms with van der Waals surface area (Å²) in [6, 6.07) is 5.67. The first-order valence-corrected chi connectivity index (χ1v) is 10.3. The highest BCUT2D eigenvalue weighted by molar-refractivity contribution is 7.53. The first-order valence-electron chi connectivity index (χ1n) is 8.55. The number of aromatic nitrogens is 2. The van der Waals surface area contributed by atoms with Crippen molar-refractivity contribution in [3.8, 4) is 0 Å². The van der Waals surface area contributed by atoms with Gasteiger partial charge in [-0.05, 0) is 45.7 Å². The minimum absolute atomic E-state index is 0.281. The number of imidazole rings is 1. The number of aryl methyl sites for hydroxylation is 1. The number of pyridine rings is 1. The standard InChI is InChI=1S/C17H25N2O5P/c1-4-22-17(20)15-13-19-14(9-7-11-16(19)18-15)10-8-12-25(21,23-5-2)24-6-3/h7,9,11,13H,4-6,8,10,12H2,1-3H3. The van der Waals surface area contributed by atoms with Gasteiger partial charge in [0, 0.05) is 11.9 Å². The van der Waals surface area contributed by atoms with E-state index in [2.05, 4.69) is 4.98 Å². The molecule has 0 amide bonds. The molecule has 0 bridgehead atoms. The molecule has 8 heteroatoms. The van der Waals surface area contributed by atoms with E-state index in [9.17, 15) is 9.36 Å². The van der Waals surface area contributed by atoms with Gasteiger partial charge in [-0.25, -0.2) is 9.78 Å². The van der Waals surface area contributed by atoms with Crippen molar-refractivity contribution in [2.24, 2.45) is 0 Å². The highest BCUT2D eigenvalue weighted by Gasteiger charge is 2.23. The van der Waals surface area contributed by atoms with Crippen LogP contribution in [-0.4, -0.2) is 41.3 Å². The number of hydrogen-bond donors (Lipinski definition) is 0. The predicted molar refractivity (Wildman–Crippen MR) is 95.2 cm³/mol. The summed E-state index contributed by atoms with van der Waals surface area (Å²) in [5.41, 5.74) is 1.93. The molecule has 0 fully saturated rings. The summed E-state index contributed by atoms with van der Waals surface area (Å²) in [5.74, 6) is -0.436. The van der Waals surface area contributed by atoms with E-state index in [0.717, 1.165) is 5.69 Å². The minimum atomic E-state index is -3.04. The summed E-state index contributed by atoms with van der Waals surface area (Å²) in [7, 11) is -3.04. The van der Waals surface area contributed by atoms with Crippen LogP contribution in [0.4, 0.5) is 0 Å². The van der Waals surface area contributed by atoms with Crippen LogP contribution in [-0.2, 0) is 24.8 Å². The summed E-state index contributed by atoms with van der Waals surface area (Å²) >= 11 is 0. The van der Waals surface area contributed by atoms with Gasteiger partial charge in [-0.15, -0.1) is 0 Å². The second-order valence-electron chi connectivity index (χ2n) is 5.37. The highest BCUT2D eigenvalue weighted by Crippen LogP contribution is 2.48. The van der Waals surface area contributed by atoms with E-state index in [-0.39, 0.29) is 5.69 Å². The van der Waals surface area contributed by atoms with Gasteiger partial charge in [0.25, 0.3) is 0 Å². The van der Waals surface area contributed by atoms with E-state index >= 15 is 0 Å². The van der Waals surface area contributed by atoms with Gasteiger partial charge in [0.05, 0.1) is 26.0 Å². The van der Waals surface area contributed by atoms with Gasteiger partial charge < -0.3 is 18.2 Å². The summed E-state index contributed by atoms with van der Waals surface area (Å²) < 4.78 is 30.0. The molecule has 0 saturated carbocycles. The Morgan fingerprint density at radius 2 is 1.88 bits per heavy atom. The number of hydrogen-bond acceptors (Lipinski definition) is 6. The molecule has 0 aliphatic rings. The van der Waals surface area contributed by atoms with Gasteiger partial charge in [-0.3, -0.25) is 4.57 Å². The molecule has 0 spiro atoms. The number of nitrogens with zero attached hydrogens (tertiary/aromatic N) is 2. The van der Waals surface area contributed by atoms with E-state index in [1.54, 1.807) is 27.0 Å². The van der Waals surface area contributed by atoms with E-state index < -0.39 is 13.6 Å². The van der Waals surface area contributed by atoms with Crippen molar-refractivity contribution < 1.29 is 23.1 Å². The second-order valence-corrected chi connectivity index (χ2v) is 7.55. The average Bonchev–Trinajstić information content (AvgIpc) is 3.01. The van der Waals surface area contributed by atoms with Gasteiger partial charge in [0.15, 0.2) is 5.69 Å². The number of carbonyl (C=O) groups excluding carboxylic acids is 1. The normalized spacial score (nSPS) is 11.8. The second kappa shape index (κ2) is 9.13. The highest BCUT2D eigenvalue weighted by atomic mass is 31.2. The Morgan fingerprint density at radius 3 is 2.52 bits per heavy atom. The molecule has 0 radical (unpaired) electrons. The molecule has 0 aromatic carbocycles. The SMILES string of the molecule is CCOC(=O)c1cn2c(CCCP(=O)(OCC)OCC)cccc2n1. The number of esters is 1. The molecule has 2 rings (SSSR count). The smallest absolute Gasteiger partial charge is 0.358 e. The lowest BCUT2D eigenvalue weighted by Gasteiger charge is -2.16. The Kier molecular flexibility index (Phi) is 7.17. The quantitative estimate of drug-likeness (QED) is 0.470. The third-order valence-electron chi connectivity index (χ3n) is 3.58. The van der Waals surface area contributed by atoms with E-state index in [0.29, 0.717) is 44.5 Å². The molecule has 0 saturated heterocycles. The van der Waals surface area contributed by atoms with Crippen LogP contribution in [0, 0.1) is 0 Å². The van der Waals surface area contributed by atoms with Crippen molar-refractivity contribution in [3.63, 3.8) is 0 Å². The van der Waals surface area contributed by atoms with Crippen LogP contribution in [0.25, 0.3) is 5.65 Å². The first-order chi connectivity index (χ1) is 12.0. The van der Waals surface area contributed by atoms with Crippen LogP contribution >= 0.6 is 7.60 Å². The Bertz CT molecular complexity index is 749. The molecule has 138 valence electrons. The van der Waals surface area contributed by atoms with E-state index in [1.807, 2.05) is 22.6 Å². The Morgan fingerprint density at radius 1 is 1.16 bits per heavy atom. The molecule has 2 aromatic heterocycles. The molecule has 25 heavy (non-hydrogen) atoms. The molecule has 2 aromatic rings. The summed E-state index contributed by atoms with van der Waals surface area (Å²) in [4.78, 5) is 16.1. The van der Waals surface area contributed by atoms with Gasteiger partial charge >= 0.3 is 13.6 Å². The zero-order valence-corrected chi connectivity index (χ0v) is 15.8. The van der Waals surface area contributed by atoms with Gasteiger partial charge in [0.1, 0.15) is 5.65 Å². The largest absolute Gasteiger partial charge is 0.461 e. The van der Waals surface area contributed by atoms with Crippen molar-refractivity contribution in [2.75, 3.05) is 26.0 Å². The van der Waals surface area contributed by atoms with Crippen LogP contribution < -0.4 is 0 Å². The van der Waals surface area contributed by atoms with Crippen LogP contribution in [0.2, 0.25) is 0 Å². The maximum Gasteiger partial charge on any atom is 0.358 e. The number of ether oxygens (including phenoxy) is 1. The Labute approximate surface area is 147 Å². The average molecular weight is 368 g/mol. The molecular weight excluding hydrogens is 343 g/mol. The van der Waals surface area contributed by atoms with Crippen LogP contribution in [0.3, 0.4) is 0 Å². The maximum atomic E-state index is 12.5. The molecule has 0 aliphatic carbocycles. The minimum Gasteiger partial charge on any atom is -0.461 e. The van der Waals surface area contributed by atoms with Crippen LogP contribution in [0.1, 0.15) is 43.4 Å². The number of carbonyl (C=O) groups is 1. The van der Waals surface area contributed by atoms with Crippen molar-refractivity contribution in [3.05, 3.63) is 35.8 Å². The van der Waals surface area contributed by atoms with Gasteiger partial charge in [-0.1, -0.05) is 6.07 Å². The fourth-order valence-electron chi connectivity index (χ4n) is 2.59. The van der Waals surface area contributed by atoms with Crippen molar-refractivity contribution in [1.82, 2.24) is 9.38 Å². The van der Waals surface area contributed by atoms with Crippen LogP contribution in [0.15, 0.2) is 24.4 Å². The monoisotopic (exact) mass is 368 g/mol. The van der Waals surface area contributed by atoms with Crippen molar-refractivity contribution >= 4 is 19.2 Å². The molecule has 0 unspecified atom stereocenters. The maximum absolute atomic E-state index is 12.5. The lowest BCUT2D eigenvalue weighted by atomic mass is 10.2. The van der Waals surface area contributed by atoms with Gasteiger partial charge in [0.2, 0.25) is 0 Å². The first kappa shape index (κ1) is 19.6. The molecular formula is C17H25N2O5P. The predicted octanol–water partition coefficient (Wildman–Crippen LogP) is 3.71. The summed E-state index contributed by atoms with van der Waals surface area (Å²) in [6.07, 6.45) is 3.33. The fourth-order valence-corrected chi connectivity index (χ4v) is 4.25. The Hall–Kier alpha value is -1.69. The number of fused-ring (bicyclic) bond motifs is 1. The molecule has 0 atom stereocenters. The van der Waals surface area contributed by atoms with Gasteiger partial charge in [-0.2, -0.15) is 0 Å². The van der Waals surface area contributed by atoms with E-state index in [1.165, 1.54) is 0 Å². The summed E-state index contributed by atoms with van der Waals surface area (Å²) in [6.45, 7) is 6.38. The molecule has 7 nitrogen and oxygen atoms in total. The third kappa shape index (κ3) is 5.14. The summed E-state index contributed by atoms with van der Waals surface area (Å²) in [5, 5.41) is 0. The lowest BCUT2D eigenvalue weighted by molar-refractivity contribution is 0.0520. The van der Waals surface area contributed by atoms with E-state index in [4.69, 9.17) is 13.8 Å². The van der Waals surface area contributed by atoms with Crippen molar-refractivity contribution in [1.29, 1.82) is 0 Å². The molecule has 0 N–H and O–H groups in total.